The zero-order valence-electron chi connectivity index (χ0n) is 17.1. The van der Waals surface area contributed by atoms with Crippen LogP contribution >= 0.6 is 0 Å². The summed E-state index contributed by atoms with van der Waals surface area (Å²) < 4.78 is 7.91. The van der Waals surface area contributed by atoms with Crippen molar-refractivity contribution in [3.05, 3.63) is 60.3 Å². The lowest BCUT2D eigenvalue weighted by molar-refractivity contribution is -0.119. The van der Waals surface area contributed by atoms with Crippen LogP contribution in [-0.4, -0.2) is 44.1 Å². The Balaban J connectivity index is 1.49. The number of carbonyl (C=O) groups is 1. The smallest absolute Gasteiger partial charge is 0.209 e. The van der Waals surface area contributed by atoms with Crippen molar-refractivity contribution in [2.45, 2.75) is 31.7 Å². The van der Waals surface area contributed by atoms with Gasteiger partial charge >= 0.3 is 0 Å². The number of rotatable bonds is 5. The van der Waals surface area contributed by atoms with Gasteiger partial charge in [-0.3, -0.25) is 4.79 Å². The number of hydrogen-bond acceptors (Lipinski definition) is 6. The molecule has 1 aromatic carbocycles. The van der Waals surface area contributed by atoms with E-state index in [1.165, 1.54) is 6.33 Å². The molecular formula is C23H24N6O2. The maximum Gasteiger partial charge on any atom is 0.209 e. The molecule has 1 atom stereocenters. The molecule has 1 saturated heterocycles. The van der Waals surface area contributed by atoms with Gasteiger partial charge in [-0.15, -0.1) is 0 Å². The number of piperidine rings is 1. The average Bonchev–Trinajstić information content (AvgIpc) is 3.21. The van der Waals surface area contributed by atoms with Crippen LogP contribution in [-0.2, 0) is 4.79 Å². The highest BCUT2D eigenvalue weighted by Gasteiger charge is 2.27. The SMILES string of the molecule is Nc1ncnc2c1c(C1=CC=C(Oc3ccccc3)CC1)nn2C1CCCN(C=O)C1. The lowest BCUT2D eigenvalue weighted by Gasteiger charge is -2.30. The van der Waals surface area contributed by atoms with Gasteiger partial charge in [0.05, 0.1) is 11.4 Å². The first kappa shape index (κ1) is 19.3. The molecule has 5 rings (SSSR count). The molecule has 1 aliphatic carbocycles. The van der Waals surface area contributed by atoms with Crippen molar-refractivity contribution in [2.75, 3.05) is 18.8 Å². The van der Waals surface area contributed by atoms with E-state index in [0.29, 0.717) is 12.4 Å². The van der Waals surface area contributed by atoms with E-state index in [1.54, 1.807) is 4.90 Å². The van der Waals surface area contributed by atoms with Gasteiger partial charge in [0.2, 0.25) is 6.41 Å². The summed E-state index contributed by atoms with van der Waals surface area (Å²) in [5, 5.41) is 5.70. The monoisotopic (exact) mass is 416 g/mol. The Bertz CT molecular complexity index is 1170. The third kappa shape index (κ3) is 3.76. The van der Waals surface area contributed by atoms with Crippen LogP contribution in [0.5, 0.6) is 5.75 Å². The van der Waals surface area contributed by atoms with Crippen molar-refractivity contribution < 1.29 is 9.53 Å². The third-order valence-corrected chi connectivity index (χ3v) is 5.85. The number of anilines is 1. The Morgan fingerprint density at radius 3 is 2.77 bits per heavy atom. The number of benzene rings is 1. The topological polar surface area (TPSA) is 99.2 Å². The van der Waals surface area contributed by atoms with Gasteiger partial charge in [-0.2, -0.15) is 5.10 Å². The number of allylic oxidation sites excluding steroid dienone is 4. The summed E-state index contributed by atoms with van der Waals surface area (Å²) in [6, 6.07) is 9.84. The molecule has 1 fully saturated rings. The number of amides is 1. The van der Waals surface area contributed by atoms with Gasteiger partial charge < -0.3 is 15.4 Å². The molecule has 2 aromatic heterocycles. The van der Waals surface area contributed by atoms with Gasteiger partial charge in [-0.25, -0.2) is 14.6 Å². The van der Waals surface area contributed by atoms with Crippen molar-refractivity contribution in [2.24, 2.45) is 0 Å². The predicted molar refractivity (Wildman–Crippen MR) is 118 cm³/mol. The molecule has 0 spiro atoms. The van der Waals surface area contributed by atoms with E-state index in [4.69, 9.17) is 15.6 Å². The molecule has 3 heterocycles. The second-order valence-corrected chi connectivity index (χ2v) is 7.89. The molecule has 31 heavy (non-hydrogen) atoms. The maximum atomic E-state index is 11.3. The molecule has 2 N–H and O–H groups in total. The molecule has 8 heteroatoms. The molecule has 1 unspecified atom stereocenters. The van der Waals surface area contributed by atoms with Crippen LogP contribution in [0.15, 0.2) is 54.6 Å². The van der Waals surface area contributed by atoms with Crippen molar-refractivity contribution in [3.8, 4) is 5.75 Å². The van der Waals surface area contributed by atoms with E-state index in [-0.39, 0.29) is 6.04 Å². The number of carbonyl (C=O) groups excluding carboxylic acids is 1. The molecular weight excluding hydrogens is 392 g/mol. The van der Waals surface area contributed by atoms with Gasteiger partial charge in [-0.1, -0.05) is 24.3 Å². The number of aromatic nitrogens is 4. The van der Waals surface area contributed by atoms with Crippen LogP contribution in [0.1, 0.15) is 37.4 Å². The van der Waals surface area contributed by atoms with Crippen molar-refractivity contribution in [1.82, 2.24) is 24.6 Å². The number of fused-ring (bicyclic) bond motifs is 1. The average molecular weight is 416 g/mol. The number of nitrogen functional groups attached to an aromatic ring is 1. The minimum absolute atomic E-state index is 0.0706. The van der Waals surface area contributed by atoms with Crippen LogP contribution in [0.2, 0.25) is 0 Å². The van der Waals surface area contributed by atoms with Gasteiger partial charge in [0.1, 0.15) is 29.3 Å². The standard InChI is InChI=1S/C23H24N6O2/c24-22-20-21(16-8-10-19(11-9-16)31-18-6-2-1-3-7-18)27-29(23(20)26-14-25-22)17-5-4-12-28(13-17)15-30/h1-3,6-8,10,14-15,17H,4-5,9,11-13H2,(H2,24,25,26). The second-order valence-electron chi connectivity index (χ2n) is 7.89. The van der Waals surface area contributed by atoms with Gasteiger partial charge in [0.25, 0.3) is 0 Å². The number of likely N-dealkylation sites (tertiary alicyclic amines) is 1. The molecule has 3 aromatic rings. The summed E-state index contributed by atoms with van der Waals surface area (Å²) in [4.78, 5) is 21.8. The Morgan fingerprint density at radius 1 is 1.13 bits per heavy atom. The van der Waals surface area contributed by atoms with E-state index in [1.807, 2.05) is 47.2 Å². The highest BCUT2D eigenvalue weighted by molar-refractivity contribution is 5.96. The van der Waals surface area contributed by atoms with Crippen LogP contribution in [0.25, 0.3) is 16.6 Å². The van der Waals surface area contributed by atoms with Crippen LogP contribution < -0.4 is 10.5 Å². The Morgan fingerprint density at radius 2 is 2.00 bits per heavy atom. The molecule has 0 saturated carbocycles. The third-order valence-electron chi connectivity index (χ3n) is 5.85. The maximum absolute atomic E-state index is 11.3. The van der Waals surface area contributed by atoms with E-state index in [2.05, 4.69) is 9.97 Å². The fraction of sp³-hybridized carbons (Fsp3) is 0.304. The number of nitrogens with two attached hydrogens (primary N) is 1. The first-order valence-electron chi connectivity index (χ1n) is 10.5. The van der Waals surface area contributed by atoms with Crippen LogP contribution in [0, 0.1) is 0 Å². The molecule has 0 radical (unpaired) electrons. The summed E-state index contributed by atoms with van der Waals surface area (Å²) in [7, 11) is 0. The second kappa shape index (κ2) is 8.22. The lowest BCUT2D eigenvalue weighted by Crippen LogP contribution is -2.36. The number of hydrogen-bond donors (Lipinski definition) is 1. The van der Waals surface area contributed by atoms with E-state index >= 15 is 0 Å². The largest absolute Gasteiger partial charge is 0.462 e. The summed E-state index contributed by atoms with van der Waals surface area (Å²) in [6.07, 6.45) is 9.84. The molecule has 1 amide bonds. The minimum Gasteiger partial charge on any atom is -0.462 e. The normalized spacial score (nSPS) is 19.1. The summed E-state index contributed by atoms with van der Waals surface area (Å²) in [5.41, 5.74) is 8.86. The zero-order chi connectivity index (χ0) is 21.2. The van der Waals surface area contributed by atoms with Crippen molar-refractivity contribution in [3.63, 3.8) is 0 Å². The molecule has 2 aliphatic rings. The van der Waals surface area contributed by atoms with Crippen molar-refractivity contribution >= 4 is 28.8 Å². The van der Waals surface area contributed by atoms with Crippen LogP contribution in [0.3, 0.4) is 0 Å². The number of para-hydroxylation sites is 1. The first-order valence-corrected chi connectivity index (χ1v) is 10.5. The molecule has 8 nitrogen and oxygen atoms in total. The van der Waals surface area contributed by atoms with Gasteiger partial charge in [-0.05, 0) is 43.0 Å². The quantitative estimate of drug-likeness (QED) is 0.641. The Hall–Kier alpha value is -3.68. The van der Waals surface area contributed by atoms with Gasteiger partial charge in [0, 0.05) is 19.5 Å². The first-order chi connectivity index (χ1) is 15.2. The molecule has 158 valence electrons. The van der Waals surface area contributed by atoms with Crippen LogP contribution in [0.4, 0.5) is 5.82 Å². The summed E-state index contributed by atoms with van der Waals surface area (Å²) in [6.45, 7) is 1.40. The fourth-order valence-electron chi connectivity index (χ4n) is 4.29. The predicted octanol–water partition coefficient (Wildman–Crippen LogP) is 3.34. The Labute approximate surface area is 180 Å². The highest BCUT2D eigenvalue weighted by atomic mass is 16.5. The highest BCUT2D eigenvalue weighted by Crippen LogP contribution is 2.35. The zero-order valence-corrected chi connectivity index (χ0v) is 17.1. The van der Waals surface area contributed by atoms with E-state index < -0.39 is 0 Å². The molecule has 0 bridgehead atoms. The van der Waals surface area contributed by atoms with Crippen molar-refractivity contribution in [1.29, 1.82) is 0 Å². The lowest BCUT2D eigenvalue weighted by atomic mass is 9.99. The number of ether oxygens (including phenoxy) is 1. The minimum atomic E-state index is 0.0706. The summed E-state index contributed by atoms with van der Waals surface area (Å²) in [5.74, 6) is 2.16. The summed E-state index contributed by atoms with van der Waals surface area (Å²) >= 11 is 0. The van der Waals surface area contributed by atoms with E-state index in [0.717, 1.165) is 72.4 Å². The molecule has 1 aliphatic heterocycles. The number of nitrogens with zero attached hydrogens (tertiary/aromatic N) is 5. The fourth-order valence-corrected chi connectivity index (χ4v) is 4.29. The van der Waals surface area contributed by atoms with Gasteiger partial charge in [0.15, 0.2) is 5.65 Å². The Kier molecular flexibility index (Phi) is 5.11. The van der Waals surface area contributed by atoms with E-state index in [9.17, 15) is 4.79 Å².